The van der Waals surface area contributed by atoms with E-state index in [-0.39, 0.29) is 18.3 Å². The molecule has 1 aliphatic heterocycles. The number of nitrogens with zero attached hydrogens (tertiary/aromatic N) is 1. The van der Waals surface area contributed by atoms with Crippen LogP contribution in [0.5, 0.6) is 5.75 Å². The molecular formula is C20H27N3O4S. The van der Waals surface area contributed by atoms with Crippen LogP contribution in [0.15, 0.2) is 29.1 Å². The lowest BCUT2D eigenvalue weighted by atomic mass is 10.1. The lowest BCUT2D eigenvalue weighted by Crippen LogP contribution is -2.44. The molecule has 1 fully saturated rings. The first-order valence-electron chi connectivity index (χ1n) is 9.64. The molecule has 152 valence electrons. The van der Waals surface area contributed by atoms with E-state index in [1.165, 1.54) is 0 Å². The van der Waals surface area contributed by atoms with Gasteiger partial charge < -0.3 is 29.8 Å². The van der Waals surface area contributed by atoms with Crippen molar-refractivity contribution in [2.24, 2.45) is 0 Å². The number of aromatic nitrogens is 1. The third-order valence-corrected chi connectivity index (χ3v) is 5.13. The minimum atomic E-state index is -0.165. The Hall–Kier alpha value is -2.16. The molecule has 1 atom stereocenters. The zero-order valence-electron chi connectivity index (χ0n) is 16.1. The van der Waals surface area contributed by atoms with Gasteiger partial charge in [-0.05, 0) is 56.2 Å². The Labute approximate surface area is 169 Å². The summed E-state index contributed by atoms with van der Waals surface area (Å²) in [6.07, 6.45) is 2.24. The van der Waals surface area contributed by atoms with Crippen molar-refractivity contribution in [1.29, 1.82) is 0 Å². The summed E-state index contributed by atoms with van der Waals surface area (Å²) in [5.41, 5.74) is 1.17. The molecule has 0 unspecified atom stereocenters. The second kappa shape index (κ2) is 9.86. The second-order valence-electron chi connectivity index (χ2n) is 6.77. The quantitative estimate of drug-likeness (QED) is 0.577. The molecule has 0 spiro atoms. The fourth-order valence-corrected chi connectivity index (χ4v) is 3.54. The zero-order chi connectivity index (χ0) is 19.9. The maximum Gasteiger partial charge on any atom is 0.253 e. The smallest absolute Gasteiger partial charge is 0.253 e. The molecule has 3 N–H and O–H groups in total. The Morgan fingerprint density at radius 1 is 1.46 bits per heavy atom. The second-order valence-corrected chi connectivity index (χ2v) is 7.16. The van der Waals surface area contributed by atoms with Gasteiger partial charge in [0.15, 0.2) is 5.11 Å². The highest BCUT2D eigenvalue weighted by Crippen LogP contribution is 2.19. The highest BCUT2D eigenvalue weighted by molar-refractivity contribution is 7.80. The van der Waals surface area contributed by atoms with Gasteiger partial charge in [0.1, 0.15) is 5.75 Å². The van der Waals surface area contributed by atoms with Crippen LogP contribution < -0.4 is 15.6 Å². The molecule has 0 saturated carbocycles. The van der Waals surface area contributed by atoms with Gasteiger partial charge in [-0.15, -0.1) is 0 Å². The highest BCUT2D eigenvalue weighted by Gasteiger charge is 2.18. The molecular weight excluding hydrogens is 378 g/mol. The molecule has 0 bridgehead atoms. The summed E-state index contributed by atoms with van der Waals surface area (Å²) >= 11 is 5.48. The molecule has 0 aliphatic carbocycles. The van der Waals surface area contributed by atoms with E-state index in [0.717, 1.165) is 36.1 Å². The standard InChI is InChI=1S/C20H27N3O4S/c1-2-26-16-5-6-18-14(11-16)10-15(19(25)22-18)13-23(7-8-24)20(28)21-12-17-4-3-9-27-17/h5-6,10-11,17,24H,2-4,7-9,12-13H2,1H3,(H,21,28)(H,22,25)/t17-/m0/s1. The van der Waals surface area contributed by atoms with Gasteiger partial charge in [0.25, 0.3) is 5.56 Å². The number of rotatable bonds is 8. The summed E-state index contributed by atoms with van der Waals surface area (Å²) < 4.78 is 11.1. The number of ether oxygens (including phenoxy) is 2. The van der Waals surface area contributed by atoms with E-state index in [2.05, 4.69) is 10.3 Å². The topological polar surface area (TPSA) is 86.8 Å². The van der Waals surface area contributed by atoms with Crippen molar-refractivity contribution in [3.05, 3.63) is 40.2 Å². The summed E-state index contributed by atoms with van der Waals surface area (Å²) in [5.74, 6) is 0.758. The van der Waals surface area contributed by atoms with Gasteiger partial charge in [0, 0.05) is 36.2 Å². The average Bonchev–Trinajstić information content (AvgIpc) is 3.20. The number of nitrogens with one attached hydrogen (secondary N) is 2. The molecule has 28 heavy (non-hydrogen) atoms. The Morgan fingerprint density at radius 2 is 2.32 bits per heavy atom. The van der Waals surface area contributed by atoms with E-state index in [4.69, 9.17) is 21.7 Å². The van der Waals surface area contributed by atoms with Gasteiger partial charge in [-0.2, -0.15) is 0 Å². The third-order valence-electron chi connectivity index (χ3n) is 4.73. The number of aliphatic hydroxyl groups excluding tert-OH is 1. The predicted octanol–water partition coefficient (Wildman–Crippen LogP) is 1.77. The van der Waals surface area contributed by atoms with Crippen molar-refractivity contribution in [2.45, 2.75) is 32.4 Å². The van der Waals surface area contributed by atoms with Crippen LogP contribution >= 0.6 is 12.2 Å². The van der Waals surface area contributed by atoms with Gasteiger partial charge in [-0.25, -0.2) is 0 Å². The summed E-state index contributed by atoms with van der Waals surface area (Å²) in [7, 11) is 0. The normalized spacial score (nSPS) is 16.3. The molecule has 7 nitrogen and oxygen atoms in total. The number of fused-ring (bicyclic) bond motifs is 1. The Balaban J connectivity index is 1.75. The van der Waals surface area contributed by atoms with Crippen LogP contribution in [0.1, 0.15) is 25.3 Å². The number of aromatic amines is 1. The number of benzene rings is 1. The number of hydrogen-bond donors (Lipinski definition) is 3. The van der Waals surface area contributed by atoms with Crippen molar-refractivity contribution in [2.75, 3.05) is 32.9 Å². The first-order chi connectivity index (χ1) is 13.6. The summed E-state index contributed by atoms with van der Waals surface area (Å²) in [4.78, 5) is 17.2. The van der Waals surface area contributed by atoms with Crippen molar-refractivity contribution in [1.82, 2.24) is 15.2 Å². The van der Waals surface area contributed by atoms with Gasteiger partial charge in [0.05, 0.1) is 25.9 Å². The van der Waals surface area contributed by atoms with Crippen molar-refractivity contribution in [3.8, 4) is 5.75 Å². The number of aliphatic hydroxyl groups is 1. The largest absolute Gasteiger partial charge is 0.494 e. The summed E-state index contributed by atoms with van der Waals surface area (Å²) in [5, 5.41) is 14.0. The molecule has 1 saturated heterocycles. The maximum atomic E-state index is 12.5. The molecule has 2 heterocycles. The number of H-pyrrole nitrogens is 1. The van der Waals surface area contributed by atoms with Crippen LogP contribution in [-0.4, -0.2) is 59.1 Å². The molecule has 1 aliphatic rings. The van der Waals surface area contributed by atoms with Crippen LogP contribution in [0.2, 0.25) is 0 Å². The Morgan fingerprint density at radius 3 is 3.04 bits per heavy atom. The summed E-state index contributed by atoms with van der Waals surface area (Å²) in [6, 6.07) is 7.43. The first kappa shape index (κ1) is 20.6. The minimum Gasteiger partial charge on any atom is -0.494 e. The van der Waals surface area contributed by atoms with E-state index in [9.17, 15) is 9.90 Å². The van der Waals surface area contributed by atoms with Crippen molar-refractivity contribution >= 4 is 28.2 Å². The monoisotopic (exact) mass is 405 g/mol. The lowest BCUT2D eigenvalue weighted by molar-refractivity contribution is 0.113. The van der Waals surface area contributed by atoms with Crippen molar-refractivity contribution < 1.29 is 14.6 Å². The van der Waals surface area contributed by atoms with E-state index in [0.29, 0.717) is 36.9 Å². The molecule has 1 aromatic carbocycles. The van der Waals surface area contributed by atoms with E-state index in [1.54, 1.807) is 4.90 Å². The third kappa shape index (κ3) is 5.21. The Bertz CT molecular complexity index is 864. The van der Waals surface area contributed by atoms with Crippen LogP contribution in [0, 0.1) is 0 Å². The first-order valence-corrected chi connectivity index (χ1v) is 10.1. The fourth-order valence-electron chi connectivity index (χ4n) is 3.30. The number of pyridine rings is 1. The molecule has 1 aromatic heterocycles. The molecule has 8 heteroatoms. The minimum absolute atomic E-state index is 0.0538. The predicted molar refractivity (Wildman–Crippen MR) is 113 cm³/mol. The molecule has 0 amide bonds. The Kier molecular flexibility index (Phi) is 7.24. The zero-order valence-corrected chi connectivity index (χ0v) is 16.9. The SMILES string of the molecule is CCOc1ccc2[nH]c(=O)c(CN(CCO)C(=S)NC[C@@H]3CCCO3)cc2c1. The fraction of sp³-hybridized carbons (Fsp3) is 0.500. The van der Waals surface area contributed by atoms with Crippen molar-refractivity contribution in [3.63, 3.8) is 0 Å². The molecule has 3 rings (SSSR count). The maximum absolute atomic E-state index is 12.5. The number of hydrogen-bond acceptors (Lipinski definition) is 5. The van der Waals surface area contributed by atoms with Crippen LogP contribution in [-0.2, 0) is 11.3 Å². The highest BCUT2D eigenvalue weighted by atomic mass is 32.1. The molecule has 2 aromatic rings. The number of thiocarbonyl (C=S) groups is 1. The van der Waals surface area contributed by atoms with E-state index >= 15 is 0 Å². The van der Waals surface area contributed by atoms with Crippen LogP contribution in [0.25, 0.3) is 10.9 Å². The summed E-state index contributed by atoms with van der Waals surface area (Å²) in [6.45, 7) is 4.52. The van der Waals surface area contributed by atoms with Crippen LogP contribution in [0.3, 0.4) is 0 Å². The van der Waals surface area contributed by atoms with Gasteiger partial charge in [-0.1, -0.05) is 0 Å². The van der Waals surface area contributed by atoms with E-state index < -0.39 is 0 Å². The van der Waals surface area contributed by atoms with E-state index in [1.807, 2.05) is 31.2 Å². The van der Waals surface area contributed by atoms with Gasteiger partial charge >= 0.3 is 0 Å². The molecule has 0 radical (unpaired) electrons. The van der Waals surface area contributed by atoms with Crippen LogP contribution in [0.4, 0.5) is 0 Å². The average molecular weight is 406 g/mol. The lowest BCUT2D eigenvalue weighted by Gasteiger charge is -2.26. The van der Waals surface area contributed by atoms with Gasteiger partial charge in [-0.3, -0.25) is 4.79 Å². The van der Waals surface area contributed by atoms with Gasteiger partial charge in [0.2, 0.25) is 0 Å².